The Kier molecular flexibility index (Phi) is 11.8. The maximum Gasteiger partial charge on any atom is 0.326 e. The molecule has 3 rings (SSSR count). The van der Waals surface area contributed by atoms with Crippen LogP contribution in [-0.2, 0) is 32.0 Å². The van der Waals surface area contributed by atoms with Crippen LogP contribution in [0.5, 0.6) is 5.75 Å². The van der Waals surface area contributed by atoms with Crippen LogP contribution in [0.25, 0.3) is 10.9 Å². The molecule has 1 heterocycles. The summed E-state index contributed by atoms with van der Waals surface area (Å²) in [6.45, 7) is 3.54. The highest BCUT2D eigenvalue weighted by Crippen LogP contribution is 2.20. The highest BCUT2D eigenvalue weighted by atomic mass is 32.2. The van der Waals surface area contributed by atoms with E-state index >= 15 is 0 Å². The number of aliphatic carboxylic acids is 1. The molecule has 4 unspecified atom stereocenters. The van der Waals surface area contributed by atoms with Crippen LogP contribution in [0.2, 0.25) is 0 Å². The molecule has 1 aromatic heterocycles. The van der Waals surface area contributed by atoms with Gasteiger partial charge in [-0.05, 0) is 53.7 Å². The van der Waals surface area contributed by atoms with Crippen LogP contribution in [-0.4, -0.2) is 75.1 Å². The van der Waals surface area contributed by atoms with Gasteiger partial charge < -0.3 is 36.9 Å². The number of phenols is 1. The van der Waals surface area contributed by atoms with E-state index in [-0.39, 0.29) is 24.5 Å². The zero-order valence-electron chi connectivity index (χ0n) is 23.9. The van der Waals surface area contributed by atoms with Gasteiger partial charge in [-0.3, -0.25) is 14.4 Å². The molecule has 3 aromatic rings. The molecule has 4 atom stereocenters. The number of para-hydroxylation sites is 1. The number of carboxylic acids is 1. The molecule has 0 bridgehead atoms. The molecule has 0 aliphatic heterocycles. The Morgan fingerprint density at radius 2 is 1.57 bits per heavy atom. The van der Waals surface area contributed by atoms with E-state index in [0.29, 0.717) is 17.7 Å². The number of H-pyrrole nitrogens is 1. The zero-order valence-corrected chi connectivity index (χ0v) is 24.7. The Morgan fingerprint density at radius 1 is 0.905 bits per heavy atom. The second kappa shape index (κ2) is 15.3. The lowest BCUT2D eigenvalue weighted by Crippen LogP contribution is -2.59. The first kappa shape index (κ1) is 32.5. The van der Waals surface area contributed by atoms with Crippen molar-refractivity contribution in [2.75, 3.05) is 12.0 Å². The van der Waals surface area contributed by atoms with E-state index in [0.717, 1.165) is 16.5 Å². The number of carbonyl (C=O) groups is 4. The second-order valence-corrected chi connectivity index (χ2v) is 11.5. The first-order valence-corrected chi connectivity index (χ1v) is 15.1. The molecule has 0 saturated heterocycles. The normalized spacial score (nSPS) is 14.1. The van der Waals surface area contributed by atoms with Crippen LogP contribution in [0.3, 0.4) is 0 Å². The molecule has 226 valence electrons. The minimum atomic E-state index is -1.29. The summed E-state index contributed by atoms with van der Waals surface area (Å²) >= 11 is 1.56. The molecule has 0 saturated carbocycles. The topological polar surface area (TPSA) is 187 Å². The number of amides is 3. The van der Waals surface area contributed by atoms with Crippen LogP contribution in [0, 0.1) is 5.92 Å². The van der Waals surface area contributed by atoms with Crippen molar-refractivity contribution in [3.8, 4) is 5.75 Å². The smallest absolute Gasteiger partial charge is 0.326 e. The van der Waals surface area contributed by atoms with Gasteiger partial charge >= 0.3 is 5.97 Å². The molecule has 42 heavy (non-hydrogen) atoms. The van der Waals surface area contributed by atoms with Crippen molar-refractivity contribution < 1.29 is 29.4 Å². The number of phenolic OH excluding ortho intramolecular Hbond substituents is 1. The number of aromatic nitrogens is 1. The lowest BCUT2D eigenvalue weighted by Gasteiger charge is -2.27. The molecule has 0 radical (unpaired) electrons. The highest BCUT2D eigenvalue weighted by Gasteiger charge is 2.32. The summed E-state index contributed by atoms with van der Waals surface area (Å²) in [5, 5.41) is 28.3. The Balaban J connectivity index is 1.84. The summed E-state index contributed by atoms with van der Waals surface area (Å²) in [5.74, 6) is -2.58. The van der Waals surface area contributed by atoms with E-state index in [1.54, 1.807) is 43.9 Å². The lowest BCUT2D eigenvalue weighted by atomic mass is 9.99. The van der Waals surface area contributed by atoms with Crippen LogP contribution in [0.4, 0.5) is 0 Å². The van der Waals surface area contributed by atoms with Gasteiger partial charge in [0.15, 0.2) is 0 Å². The number of hydrogen-bond acceptors (Lipinski definition) is 7. The average Bonchev–Trinajstić information content (AvgIpc) is 3.37. The van der Waals surface area contributed by atoms with E-state index in [2.05, 4.69) is 20.9 Å². The molecule has 3 amide bonds. The zero-order chi connectivity index (χ0) is 30.8. The molecule has 0 spiro atoms. The van der Waals surface area contributed by atoms with Gasteiger partial charge in [0.2, 0.25) is 17.7 Å². The van der Waals surface area contributed by atoms with Gasteiger partial charge in [-0.2, -0.15) is 11.8 Å². The monoisotopic (exact) mass is 597 g/mol. The van der Waals surface area contributed by atoms with Crippen LogP contribution in [0.15, 0.2) is 54.7 Å². The predicted octanol–water partition coefficient (Wildman–Crippen LogP) is 1.93. The number of hydrogen-bond donors (Lipinski definition) is 7. The molecule has 0 fully saturated rings. The van der Waals surface area contributed by atoms with Gasteiger partial charge in [-0.25, -0.2) is 4.79 Å². The van der Waals surface area contributed by atoms with E-state index in [1.807, 2.05) is 30.5 Å². The number of aromatic hydroxyl groups is 1. The summed E-state index contributed by atoms with van der Waals surface area (Å²) in [7, 11) is 0. The standard InChI is InChI=1S/C30H39N5O6S/c1-17(2)26(35-27(37)22(31)12-13-42-3)29(39)33-24(15-19-16-32-23-7-5-4-6-21(19)23)28(38)34-25(30(40)41)14-18-8-10-20(36)11-9-18/h4-11,16-17,22,24-26,32,36H,12-15,31H2,1-3H3,(H,33,39)(H,34,38)(H,35,37)(H,40,41). The number of carbonyl (C=O) groups excluding carboxylic acids is 3. The fourth-order valence-electron chi connectivity index (χ4n) is 4.50. The minimum Gasteiger partial charge on any atom is -0.508 e. The van der Waals surface area contributed by atoms with Gasteiger partial charge in [0, 0.05) is 29.9 Å². The Morgan fingerprint density at radius 3 is 2.21 bits per heavy atom. The van der Waals surface area contributed by atoms with Crippen molar-refractivity contribution in [2.24, 2.45) is 11.7 Å². The Labute approximate surface area is 249 Å². The number of carboxylic acid groups (broad SMARTS) is 1. The number of nitrogens with one attached hydrogen (secondary N) is 4. The van der Waals surface area contributed by atoms with Gasteiger partial charge in [0.05, 0.1) is 6.04 Å². The Hall–Kier alpha value is -4.03. The van der Waals surface area contributed by atoms with Crippen molar-refractivity contribution in [3.63, 3.8) is 0 Å². The molecule has 2 aromatic carbocycles. The van der Waals surface area contributed by atoms with E-state index in [9.17, 15) is 29.4 Å². The molecular formula is C30H39N5O6S. The number of rotatable bonds is 15. The SMILES string of the molecule is CSCCC(N)C(=O)NC(C(=O)NC(Cc1c[nH]c2ccccc12)C(=O)NC(Cc1ccc(O)cc1)C(=O)O)C(C)C. The summed E-state index contributed by atoms with van der Waals surface area (Å²) in [4.78, 5) is 55.0. The summed E-state index contributed by atoms with van der Waals surface area (Å²) < 4.78 is 0. The van der Waals surface area contributed by atoms with Gasteiger partial charge in [-0.1, -0.05) is 44.2 Å². The molecule has 12 heteroatoms. The van der Waals surface area contributed by atoms with E-state index < -0.39 is 47.9 Å². The molecule has 0 aliphatic rings. The third-order valence-electron chi connectivity index (χ3n) is 6.94. The van der Waals surface area contributed by atoms with Crippen molar-refractivity contribution >= 4 is 46.4 Å². The highest BCUT2D eigenvalue weighted by molar-refractivity contribution is 7.98. The average molecular weight is 598 g/mol. The van der Waals surface area contributed by atoms with Gasteiger partial charge in [0.1, 0.15) is 23.9 Å². The quantitative estimate of drug-likeness (QED) is 0.138. The first-order chi connectivity index (χ1) is 20.0. The van der Waals surface area contributed by atoms with Crippen LogP contribution < -0.4 is 21.7 Å². The largest absolute Gasteiger partial charge is 0.508 e. The molecular weight excluding hydrogens is 558 g/mol. The van der Waals surface area contributed by atoms with Crippen LogP contribution >= 0.6 is 11.8 Å². The number of benzene rings is 2. The third kappa shape index (κ3) is 8.98. The molecule has 11 nitrogen and oxygen atoms in total. The fraction of sp³-hybridized carbons (Fsp3) is 0.400. The van der Waals surface area contributed by atoms with Crippen molar-refractivity contribution in [1.29, 1.82) is 0 Å². The summed E-state index contributed by atoms with van der Waals surface area (Å²) in [6.07, 6.45) is 4.14. The molecule has 8 N–H and O–H groups in total. The minimum absolute atomic E-state index is 0.0340. The summed E-state index contributed by atoms with van der Waals surface area (Å²) in [6, 6.07) is 9.31. The lowest BCUT2D eigenvalue weighted by molar-refractivity contribution is -0.142. The third-order valence-corrected chi connectivity index (χ3v) is 7.58. The Bertz CT molecular complexity index is 1380. The van der Waals surface area contributed by atoms with Crippen LogP contribution in [0.1, 0.15) is 31.4 Å². The maximum atomic E-state index is 13.6. The second-order valence-electron chi connectivity index (χ2n) is 10.5. The first-order valence-electron chi connectivity index (χ1n) is 13.7. The predicted molar refractivity (Wildman–Crippen MR) is 163 cm³/mol. The molecule has 0 aliphatic carbocycles. The number of thioether (sulfide) groups is 1. The van der Waals surface area contributed by atoms with Gasteiger partial charge in [-0.15, -0.1) is 0 Å². The van der Waals surface area contributed by atoms with E-state index in [4.69, 9.17) is 5.73 Å². The van der Waals surface area contributed by atoms with E-state index in [1.165, 1.54) is 12.1 Å². The van der Waals surface area contributed by atoms with Gasteiger partial charge in [0.25, 0.3) is 0 Å². The fourth-order valence-corrected chi connectivity index (χ4v) is 4.99. The number of aromatic amines is 1. The number of fused-ring (bicyclic) bond motifs is 1. The number of nitrogens with two attached hydrogens (primary N) is 1. The van der Waals surface area contributed by atoms with Crippen molar-refractivity contribution in [2.45, 2.75) is 57.3 Å². The van der Waals surface area contributed by atoms with Crippen molar-refractivity contribution in [3.05, 3.63) is 65.9 Å². The summed E-state index contributed by atoms with van der Waals surface area (Å²) in [5.41, 5.74) is 8.20. The maximum absolute atomic E-state index is 13.6. The van der Waals surface area contributed by atoms with Crippen molar-refractivity contribution in [1.82, 2.24) is 20.9 Å².